The third-order valence-corrected chi connectivity index (χ3v) is 3.97. The highest BCUT2D eigenvalue weighted by Crippen LogP contribution is 2.41. The van der Waals surface area contributed by atoms with E-state index < -0.39 is 0 Å². The fourth-order valence-electron chi connectivity index (χ4n) is 2.88. The van der Waals surface area contributed by atoms with Gasteiger partial charge in [-0.1, -0.05) is 11.6 Å². The van der Waals surface area contributed by atoms with E-state index in [4.69, 9.17) is 13.9 Å². The fourth-order valence-corrected chi connectivity index (χ4v) is 2.88. The van der Waals surface area contributed by atoms with Crippen molar-refractivity contribution in [2.24, 2.45) is 0 Å². The first-order valence-electron chi connectivity index (χ1n) is 7.05. The number of hydrogen-bond donors (Lipinski definition) is 0. The molecular formula is C18H14O4. The number of methoxy groups -OCH3 is 1. The van der Waals surface area contributed by atoms with Crippen molar-refractivity contribution >= 4 is 11.0 Å². The first kappa shape index (κ1) is 13.0. The van der Waals surface area contributed by atoms with E-state index in [9.17, 15) is 4.79 Å². The Hall–Kier alpha value is -2.75. The summed E-state index contributed by atoms with van der Waals surface area (Å²) in [4.78, 5) is 12.4. The van der Waals surface area contributed by atoms with Crippen molar-refractivity contribution in [2.75, 3.05) is 7.11 Å². The molecule has 3 aromatic rings. The third kappa shape index (κ3) is 1.80. The van der Waals surface area contributed by atoms with E-state index in [0.29, 0.717) is 23.5 Å². The van der Waals surface area contributed by atoms with Crippen LogP contribution in [0, 0.1) is 6.92 Å². The summed E-state index contributed by atoms with van der Waals surface area (Å²) in [5.41, 5.74) is 3.52. The highest BCUT2D eigenvalue weighted by Gasteiger charge is 2.24. The molecule has 4 rings (SSSR count). The van der Waals surface area contributed by atoms with Crippen LogP contribution in [-0.4, -0.2) is 7.11 Å². The molecule has 2 heterocycles. The van der Waals surface area contributed by atoms with Crippen LogP contribution in [0.5, 0.6) is 11.5 Å². The van der Waals surface area contributed by atoms with E-state index in [-0.39, 0.29) is 5.63 Å². The molecule has 1 aromatic heterocycles. The quantitative estimate of drug-likeness (QED) is 0.642. The van der Waals surface area contributed by atoms with Gasteiger partial charge in [0.2, 0.25) is 0 Å². The molecule has 0 N–H and O–H groups in total. The van der Waals surface area contributed by atoms with Gasteiger partial charge in [0.15, 0.2) is 0 Å². The number of ether oxygens (including phenoxy) is 2. The number of aryl methyl sites for hydroxylation is 1. The Bertz CT molecular complexity index is 953. The van der Waals surface area contributed by atoms with Gasteiger partial charge in [-0.2, -0.15) is 0 Å². The van der Waals surface area contributed by atoms with Gasteiger partial charge in [-0.3, -0.25) is 0 Å². The van der Waals surface area contributed by atoms with E-state index >= 15 is 0 Å². The molecular weight excluding hydrogens is 280 g/mol. The monoisotopic (exact) mass is 294 g/mol. The molecule has 1 aliphatic rings. The number of benzene rings is 2. The lowest BCUT2D eigenvalue weighted by Crippen LogP contribution is -2.14. The van der Waals surface area contributed by atoms with Crippen LogP contribution in [0.3, 0.4) is 0 Å². The topological polar surface area (TPSA) is 48.7 Å². The van der Waals surface area contributed by atoms with Crippen LogP contribution in [-0.2, 0) is 6.61 Å². The van der Waals surface area contributed by atoms with E-state index in [1.54, 1.807) is 13.2 Å². The molecule has 0 unspecified atom stereocenters. The summed E-state index contributed by atoms with van der Waals surface area (Å²) >= 11 is 0. The van der Waals surface area contributed by atoms with Gasteiger partial charge in [-0.15, -0.1) is 0 Å². The smallest absolute Gasteiger partial charge is 0.348 e. The summed E-state index contributed by atoms with van der Waals surface area (Å²) in [5, 5.41) is 0.830. The predicted molar refractivity (Wildman–Crippen MR) is 83.5 cm³/mol. The molecule has 0 saturated carbocycles. The molecule has 110 valence electrons. The molecule has 0 saturated heterocycles. The lowest BCUT2D eigenvalue weighted by Gasteiger charge is -2.21. The summed E-state index contributed by atoms with van der Waals surface area (Å²) in [7, 11) is 1.62. The Balaban J connectivity index is 2.07. The minimum Gasteiger partial charge on any atom is -0.497 e. The fraction of sp³-hybridized carbons (Fsp3) is 0.167. The van der Waals surface area contributed by atoms with E-state index in [0.717, 1.165) is 27.8 Å². The molecule has 1 aliphatic heterocycles. The van der Waals surface area contributed by atoms with Crippen LogP contribution in [0.25, 0.3) is 22.1 Å². The minimum atomic E-state index is -0.377. The van der Waals surface area contributed by atoms with E-state index in [1.807, 2.05) is 37.3 Å². The second-order valence-electron chi connectivity index (χ2n) is 5.41. The standard InChI is InChI=1S/C18H14O4/c1-10-3-6-15-14(7-10)17-16(18(19)22-15)13-5-4-12(20-2)8-11(13)9-21-17/h3-8H,9H2,1-2H3. The van der Waals surface area contributed by atoms with Gasteiger partial charge in [0.25, 0.3) is 0 Å². The van der Waals surface area contributed by atoms with Gasteiger partial charge in [0.1, 0.15) is 29.3 Å². The zero-order chi connectivity index (χ0) is 15.3. The number of fused-ring (bicyclic) bond motifs is 5. The molecule has 0 atom stereocenters. The Morgan fingerprint density at radius 2 is 2.00 bits per heavy atom. The van der Waals surface area contributed by atoms with Gasteiger partial charge in [0.05, 0.1) is 12.5 Å². The highest BCUT2D eigenvalue weighted by atomic mass is 16.5. The molecule has 4 nitrogen and oxygen atoms in total. The Labute approximate surface area is 126 Å². The van der Waals surface area contributed by atoms with E-state index in [2.05, 4.69) is 0 Å². The zero-order valence-corrected chi connectivity index (χ0v) is 12.3. The second-order valence-corrected chi connectivity index (χ2v) is 5.41. The average Bonchev–Trinajstić information content (AvgIpc) is 2.54. The third-order valence-electron chi connectivity index (χ3n) is 3.97. The predicted octanol–water partition coefficient (Wildman–Crippen LogP) is 3.67. The van der Waals surface area contributed by atoms with Crippen molar-refractivity contribution in [2.45, 2.75) is 13.5 Å². The van der Waals surface area contributed by atoms with Crippen molar-refractivity contribution in [1.29, 1.82) is 0 Å². The molecule has 0 bridgehead atoms. The normalized spacial score (nSPS) is 12.5. The van der Waals surface area contributed by atoms with Crippen molar-refractivity contribution in [3.8, 4) is 22.6 Å². The number of hydrogen-bond acceptors (Lipinski definition) is 4. The van der Waals surface area contributed by atoms with Crippen molar-refractivity contribution < 1.29 is 13.9 Å². The molecule has 0 fully saturated rings. The maximum absolute atomic E-state index is 12.4. The lowest BCUT2D eigenvalue weighted by atomic mass is 9.96. The molecule has 0 aliphatic carbocycles. The van der Waals surface area contributed by atoms with Crippen LogP contribution in [0.4, 0.5) is 0 Å². The van der Waals surface area contributed by atoms with Gasteiger partial charge < -0.3 is 13.9 Å². The Kier molecular flexibility index (Phi) is 2.73. The molecule has 0 radical (unpaired) electrons. The zero-order valence-electron chi connectivity index (χ0n) is 12.3. The molecule has 22 heavy (non-hydrogen) atoms. The first-order valence-corrected chi connectivity index (χ1v) is 7.05. The summed E-state index contributed by atoms with van der Waals surface area (Å²) < 4.78 is 16.6. The molecule has 2 aromatic carbocycles. The Morgan fingerprint density at radius 1 is 1.14 bits per heavy atom. The van der Waals surface area contributed by atoms with Crippen molar-refractivity contribution in [1.82, 2.24) is 0 Å². The highest BCUT2D eigenvalue weighted by molar-refractivity contribution is 5.92. The van der Waals surface area contributed by atoms with Crippen molar-refractivity contribution in [3.63, 3.8) is 0 Å². The van der Waals surface area contributed by atoms with E-state index in [1.165, 1.54) is 0 Å². The summed E-state index contributed by atoms with van der Waals surface area (Å²) in [6.45, 7) is 2.41. The van der Waals surface area contributed by atoms with Crippen LogP contribution < -0.4 is 15.1 Å². The van der Waals surface area contributed by atoms with Gasteiger partial charge in [-0.05, 0) is 42.8 Å². The Morgan fingerprint density at radius 3 is 2.82 bits per heavy atom. The van der Waals surface area contributed by atoms with Crippen LogP contribution >= 0.6 is 0 Å². The van der Waals surface area contributed by atoms with Crippen LogP contribution in [0.1, 0.15) is 11.1 Å². The minimum absolute atomic E-state index is 0.377. The molecule has 0 spiro atoms. The maximum Gasteiger partial charge on any atom is 0.348 e. The SMILES string of the molecule is COc1ccc2c(c1)COc1c-2c(=O)oc2ccc(C)cc12. The summed E-state index contributed by atoms with van der Waals surface area (Å²) in [6.07, 6.45) is 0. The summed E-state index contributed by atoms with van der Waals surface area (Å²) in [6, 6.07) is 11.3. The van der Waals surface area contributed by atoms with Crippen molar-refractivity contribution in [3.05, 3.63) is 57.9 Å². The largest absolute Gasteiger partial charge is 0.497 e. The number of rotatable bonds is 1. The first-order chi connectivity index (χ1) is 10.7. The van der Waals surface area contributed by atoms with Crippen LogP contribution in [0.15, 0.2) is 45.6 Å². The van der Waals surface area contributed by atoms with Gasteiger partial charge >= 0.3 is 5.63 Å². The van der Waals surface area contributed by atoms with Gasteiger partial charge in [-0.25, -0.2) is 4.79 Å². The van der Waals surface area contributed by atoms with Crippen LogP contribution in [0.2, 0.25) is 0 Å². The molecule has 0 amide bonds. The van der Waals surface area contributed by atoms with Gasteiger partial charge in [0, 0.05) is 5.56 Å². The summed E-state index contributed by atoms with van der Waals surface area (Å²) in [5.74, 6) is 1.35. The average molecular weight is 294 g/mol. The molecule has 4 heteroatoms. The second kappa shape index (κ2) is 4.63. The lowest BCUT2D eigenvalue weighted by molar-refractivity contribution is 0.302. The maximum atomic E-state index is 12.4.